The summed E-state index contributed by atoms with van der Waals surface area (Å²) in [5, 5.41) is 9.39. The minimum absolute atomic E-state index is 0.0129. The molecular formula is C85H122F3N9O28P4. The van der Waals surface area contributed by atoms with Crippen LogP contribution < -0.4 is 50.5 Å². The van der Waals surface area contributed by atoms with Crippen LogP contribution in [0.4, 0.5) is 39.8 Å². The number of halogens is 3. The lowest BCUT2D eigenvalue weighted by molar-refractivity contribution is 0.0147. The maximum absolute atomic E-state index is 16.2. The van der Waals surface area contributed by atoms with E-state index in [1.807, 2.05) is 25.7 Å². The number of nitrogens with one attached hydrogen (secondary N) is 1. The Morgan fingerprint density at radius 1 is 0.473 bits per heavy atom. The van der Waals surface area contributed by atoms with Gasteiger partial charge in [0.25, 0.3) is 0 Å². The van der Waals surface area contributed by atoms with Gasteiger partial charge in [0.2, 0.25) is 16.3 Å². The fourth-order valence-electron chi connectivity index (χ4n) is 16.3. The highest BCUT2D eigenvalue weighted by Gasteiger charge is 2.51. The highest BCUT2D eigenvalue weighted by atomic mass is 31.2. The monoisotopic (exact) mass is 1900 g/mol. The summed E-state index contributed by atoms with van der Waals surface area (Å²) in [6.45, 7) is 26.6. The quantitative estimate of drug-likeness (QED) is 0.00945. The van der Waals surface area contributed by atoms with E-state index in [0.717, 1.165) is 56.7 Å². The highest BCUT2D eigenvalue weighted by molar-refractivity contribution is 7.72. The predicted molar refractivity (Wildman–Crippen MR) is 476 cm³/mol. The zero-order valence-corrected chi connectivity index (χ0v) is 79.4. The summed E-state index contributed by atoms with van der Waals surface area (Å²) in [6, 6.07) is 2.89. The first-order valence-electron chi connectivity index (χ1n) is 43.4. The second-order valence-corrected chi connectivity index (χ2v) is 43.5. The van der Waals surface area contributed by atoms with Gasteiger partial charge in [0.1, 0.15) is 45.0 Å². The summed E-state index contributed by atoms with van der Waals surface area (Å²) >= 11 is 0. The number of nitrogens with zero attached hydrogens (tertiary/aromatic N) is 8. The number of pyridine rings is 3. The Morgan fingerprint density at radius 2 is 0.791 bits per heavy atom. The van der Waals surface area contributed by atoms with E-state index in [1.165, 1.54) is 39.9 Å². The number of aromatic carboxylic acids is 1. The number of anilines is 3. The lowest BCUT2D eigenvalue weighted by Gasteiger charge is -2.41. The van der Waals surface area contributed by atoms with Crippen molar-refractivity contribution >= 4 is 110 Å². The molecule has 37 nitrogen and oxygen atoms in total. The Bertz CT molecular complexity index is 5460. The Hall–Kier alpha value is -8.61. The van der Waals surface area contributed by atoms with E-state index >= 15 is 13.2 Å². The molecule has 0 radical (unpaired) electrons. The molecule has 129 heavy (non-hydrogen) atoms. The number of ether oxygens (including phenoxy) is 7. The van der Waals surface area contributed by atoms with Gasteiger partial charge in [-0.2, -0.15) is 0 Å². The molecule has 6 aromatic rings. The van der Waals surface area contributed by atoms with Crippen LogP contribution in [0.2, 0.25) is 0 Å². The maximum Gasteiger partial charge on any atom is 0.410 e. The SMILES string of the molecule is CCOP(=O)(OCC)C(CCCCOC(=O)c1cn(C2CC2)c2c(OC)c(N3CCN(C(=O)OC(C)(C)C)C(C)C3)c(F)cc2c1=O)P(=O)(OCC)OCC.COc1c(N2CCN(C(=O)OC(C)(C)C)C(C)C2)c(F)cc2c(=O)c(C(=O)O)cn(C3CC3)c12.COc1c(N2CCNC(C)C2)c(F)cc2c(=O)c(C(=O)OCCCCC(P(=O)(O)O)P(=O)(O)O)cn(C3CC3)c12. The number of carbonyl (C=O) groups excluding carboxylic acids is 4. The van der Waals surface area contributed by atoms with Crippen LogP contribution in [0, 0.1) is 17.5 Å². The number of benzene rings is 3. The molecule has 3 aliphatic heterocycles. The van der Waals surface area contributed by atoms with Crippen LogP contribution in [0.25, 0.3) is 32.7 Å². The number of unbranched alkanes of at least 4 members (excludes halogenated alkanes) is 2. The predicted octanol–water partition coefficient (Wildman–Crippen LogP) is 14.0. The van der Waals surface area contributed by atoms with E-state index in [-0.39, 0.29) is 176 Å². The van der Waals surface area contributed by atoms with Gasteiger partial charge in [0, 0.05) is 114 Å². The topological polar surface area (TPSA) is 451 Å². The van der Waals surface area contributed by atoms with Crippen molar-refractivity contribution in [2.45, 2.75) is 225 Å². The number of carboxylic acids is 1. The normalized spacial score (nSPS) is 17.9. The third kappa shape index (κ3) is 24.3. The number of fused-ring (bicyclic) bond motifs is 3. The molecule has 6 heterocycles. The molecule has 716 valence electrons. The molecule has 6 fully saturated rings. The molecule has 3 aliphatic carbocycles. The average molecular weight is 1900 g/mol. The summed E-state index contributed by atoms with van der Waals surface area (Å²) in [5.74, 6) is -4.63. The van der Waals surface area contributed by atoms with E-state index in [0.29, 0.717) is 68.9 Å². The molecule has 3 saturated heterocycles. The number of rotatable bonds is 34. The molecule has 2 amide bonds. The largest absolute Gasteiger partial charge is 0.492 e. The van der Waals surface area contributed by atoms with Gasteiger partial charge in [-0.25, -0.2) is 37.1 Å². The lowest BCUT2D eigenvalue weighted by atomic mass is 10.1. The molecule has 12 rings (SSSR count). The van der Waals surface area contributed by atoms with Gasteiger partial charge in [-0.3, -0.25) is 32.6 Å². The summed E-state index contributed by atoms with van der Waals surface area (Å²) in [4.78, 5) is 149. The first kappa shape index (κ1) is 103. The summed E-state index contributed by atoms with van der Waals surface area (Å²) < 4.78 is 164. The van der Waals surface area contributed by atoms with Crippen molar-refractivity contribution in [1.29, 1.82) is 0 Å². The average Bonchev–Trinajstić information content (AvgIpc) is 1.64. The first-order chi connectivity index (χ1) is 60.6. The lowest BCUT2D eigenvalue weighted by Crippen LogP contribution is -2.55. The first-order valence-corrected chi connectivity index (χ1v) is 50.0. The smallest absolute Gasteiger partial charge is 0.410 e. The molecule has 6 N–H and O–H groups in total. The van der Waals surface area contributed by atoms with Crippen LogP contribution in [-0.4, -0.2) is 238 Å². The molecule has 3 aromatic heterocycles. The van der Waals surface area contributed by atoms with Crippen molar-refractivity contribution in [3.63, 3.8) is 0 Å². The number of carboxylic acid groups (broad SMARTS) is 1. The Kier molecular flexibility index (Phi) is 33.8. The zero-order chi connectivity index (χ0) is 95.1. The molecular weight excluding hydrogens is 1780 g/mol. The third-order valence-electron chi connectivity index (χ3n) is 22.4. The van der Waals surface area contributed by atoms with Crippen molar-refractivity contribution < 1.29 is 131 Å². The van der Waals surface area contributed by atoms with Crippen LogP contribution in [0.5, 0.6) is 17.2 Å². The Balaban J connectivity index is 0.000000208. The Labute approximate surface area is 745 Å². The molecule has 0 bridgehead atoms. The summed E-state index contributed by atoms with van der Waals surface area (Å²) in [6.07, 6.45) is 8.27. The van der Waals surface area contributed by atoms with Gasteiger partial charge in [-0.15, -0.1) is 0 Å². The second-order valence-electron chi connectivity index (χ2n) is 34.6. The molecule has 3 unspecified atom stereocenters. The number of aromatic nitrogens is 3. The van der Waals surface area contributed by atoms with Gasteiger partial charge in [-0.05, 0) is 185 Å². The summed E-state index contributed by atoms with van der Waals surface area (Å²) in [5.41, 5.74) is -2.61. The van der Waals surface area contributed by atoms with Crippen molar-refractivity contribution in [3.05, 3.63) is 102 Å². The number of piperazine rings is 3. The summed E-state index contributed by atoms with van der Waals surface area (Å²) in [7, 11) is -13.7. The van der Waals surface area contributed by atoms with Gasteiger partial charge in [0.05, 0.1) is 93.7 Å². The number of methoxy groups -OCH3 is 3. The number of hydrogen-bond donors (Lipinski definition) is 6. The molecule has 3 atom stereocenters. The van der Waals surface area contributed by atoms with Crippen LogP contribution in [0.15, 0.2) is 51.2 Å². The number of carbonyl (C=O) groups is 5. The van der Waals surface area contributed by atoms with E-state index in [4.69, 9.17) is 51.3 Å². The third-order valence-corrected chi connectivity index (χ3v) is 32.5. The van der Waals surface area contributed by atoms with Gasteiger partial charge < -0.3 is 119 Å². The van der Waals surface area contributed by atoms with E-state index in [2.05, 4.69) is 5.32 Å². The molecule has 3 saturated carbocycles. The van der Waals surface area contributed by atoms with Crippen LogP contribution in [-0.2, 0) is 55.3 Å². The minimum atomic E-state index is -5.04. The van der Waals surface area contributed by atoms with Crippen molar-refractivity contribution in [2.24, 2.45) is 0 Å². The molecule has 0 spiro atoms. The number of amides is 2. The molecule has 6 aliphatic rings. The van der Waals surface area contributed by atoms with Crippen LogP contribution in [0.1, 0.15) is 216 Å². The standard InChI is InChI=1S/C37H58FN3O12P2.C24H34FN3O10P2.C24H30FN3O6/c1-10-49-54(45,50-11-2)30(55(46,51-12-3)52-13-4)16-14-15-21-48-35(43)28-24-41(26-17-18-26)31-27(33(28)42)22-29(38)32(34(31)47-9)39-19-20-40(25(5)23-39)36(44)53-37(6,7)8;1-14-12-27(9-8-26-14)21-18(25)11-16-20(23(21)37-2)28(15-6-7-15)13-17(22(16)29)24(30)38-10-4-3-5-19(39(31,32)33)40(34,35)36;1-13-11-26(8-9-27(13)23(32)34-24(2,3)4)19-17(25)10-15-18(21(19)33-5)28(14-6-7-14)12-16(20(15)29)22(30)31/h22,24-26,30H,10-21,23H2,1-9H3;11,13-15,19,26H,3-10,12H2,1-2H3,(H2,31,32,33)(H2,34,35,36);10,12-14H,6-9,11H2,1-5H3,(H,30,31). The van der Waals surface area contributed by atoms with Crippen LogP contribution in [0.3, 0.4) is 0 Å². The minimum Gasteiger partial charge on any atom is -0.492 e. The Morgan fingerprint density at radius 3 is 1.08 bits per heavy atom. The fraction of sp³-hybridized carbons (Fsp3) is 0.624. The number of esters is 2. The molecule has 44 heteroatoms. The van der Waals surface area contributed by atoms with Gasteiger partial charge >= 0.3 is 60.5 Å². The fourth-order valence-corrected chi connectivity index (χ4v) is 24.4. The van der Waals surface area contributed by atoms with E-state index < -0.39 is 128 Å². The maximum atomic E-state index is 16.2. The van der Waals surface area contributed by atoms with Gasteiger partial charge in [0.15, 0.2) is 45.5 Å². The zero-order valence-electron chi connectivity index (χ0n) is 75.8. The van der Waals surface area contributed by atoms with E-state index in [9.17, 15) is 81.3 Å². The molecule has 3 aromatic carbocycles. The van der Waals surface area contributed by atoms with Gasteiger partial charge in [-0.1, -0.05) is 0 Å². The van der Waals surface area contributed by atoms with Crippen molar-refractivity contribution in [2.75, 3.05) is 135 Å². The van der Waals surface area contributed by atoms with E-state index in [1.54, 1.807) is 103 Å². The van der Waals surface area contributed by atoms with Crippen LogP contribution >= 0.6 is 30.4 Å². The van der Waals surface area contributed by atoms with Crippen molar-refractivity contribution in [1.82, 2.24) is 28.8 Å². The highest BCUT2D eigenvalue weighted by Crippen LogP contribution is 2.72. The van der Waals surface area contributed by atoms with Crippen molar-refractivity contribution in [3.8, 4) is 17.2 Å². The second kappa shape index (κ2) is 42.5. The number of hydrogen-bond acceptors (Lipinski definition) is 27.